The van der Waals surface area contributed by atoms with Crippen molar-refractivity contribution in [2.75, 3.05) is 6.54 Å². The second-order valence-electron chi connectivity index (χ2n) is 6.85. The summed E-state index contributed by atoms with van der Waals surface area (Å²) >= 11 is 0. The lowest BCUT2D eigenvalue weighted by Gasteiger charge is -2.20. The molecular weight excluding hydrogens is 320 g/mol. The fourth-order valence-electron chi connectivity index (χ4n) is 2.98. The van der Waals surface area contributed by atoms with Crippen LogP contribution in [0.5, 0.6) is 0 Å². The molecule has 1 aromatic heterocycles. The quantitative estimate of drug-likeness (QED) is 0.900. The largest absolute Gasteiger partial charge is 0.344 e. The minimum Gasteiger partial charge on any atom is -0.344 e. The smallest absolute Gasteiger partial charge is 0.258 e. The fraction of sp³-hybridized carbons (Fsp3) is 0.444. The second-order valence-corrected chi connectivity index (χ2v) is 6.85. The number of aromatic nitrogens is 2. The Bertz CT molecular complexity index is 797. The molecule has 2 amide bonds. The first-order valence-electron chi connectivity index (χ1n) is 8.35. The van der Waals surface area contributed by atoms with Crippen LogP contribution in [0.25, 0.3) is 11.5 Å². The molecule has 1 aliphatic rings. The highest BCUT2D eigenvalue weighted by Gasteiger charge is 2.28. The van der Waals surface area contributed by atoms with Crippen molar-refractivity contribution in [3.05, 3.63) is 35.7 Å². The zero-order valence-corrected chi connectivity index (χ0v) is 14.7. The molecule has 0 unspecified atom stereocenters. The zero-order valence-electron chi connectivity index (χ0n) is 14.7. The summed E-state index contributed by atoms with van der Waals surface area (Å²) in [5, 5.41) is 6.79. The third kappa shape index (κ3) is 3.87. The molecule has 0 radical (unpaired) electrons. The molecule has 7 heteroatoms. The van der Waals surface area contributed by atoms with Gasteiger partial charge in [0.25, 0.3) is 5.89 Å². The minimum absolute atomic E-state index is 0.159. The monoisotopic (exact) mass is 342 g/mol. The lowest BCUT2D eigenvalue weighted by Crippen LogP contribution is -2.40. The van der Waals surface area contributed by atoms with Crippen LogP contribution in [-0.2, 0) is 21.7 Å². The van der Waals surface area contributed by atoms with Crippen molar-refractivity contribution in [1.82, 2.24) is 20.4 Å². The van der Waals surface area contributed by atoms with E-state index in [-0.39, 0.29) is 11.8 Å². The number of nitrogens with one attached hydrogen (secondary N) is 1. The van der Waals surface area contributed by atoms with Gasteiger partial charge < -0.3 is 14.7 Å². The molecule has 0 atom stereocenters. The molecule has 0 aliphatic carbocycles. The van der Waals surface area contributed by atoms with Crippen molar-refractivity contribution in [2.45, 2.75) is 45.7 Å². The van der Waals surface area contributed by atoms with E-state index in [1.807, 2.05) is 43.0 Å². The summed E-state index contributed by atoms with van der Waals surface area (Å²) in [4.78, 5) is 29.4. The SMILES string of the molecule is CC(=O)NC(C)(C)c1noc(-c2cccc(CN3CCCC3=O)c2)n1. The van der Waals surface area contributed by atoms with Crippen LogP contribution < -0.4 is 5.32 Å². The summed E-state index contributed by atoms with van der Waals surface area (Å²) in [5.41, 5.74) is 1.10. The predicted octanol–water partition coefficient (Wildman–Crippen LogP) is 2.23. The number of benzene rings is 1. The maximum absolute atomic E-state index is 11.8. The Morgan fingerprint density at radius 2 is 2.20 bits per heavy atom. The van der Waals surface area contributed by atoms with Crippen molar-refractivity contribution in [2.24, 2.45) is 0 Å². The molecule has 2 aromatic rings. The normalized spacial score (nSPS) is 14.8. The van der Waals surface area contributed by atoms with Gasteiger partial charge in [-0.05, 0) is 38.0 Å². The van der Waals surface area contributed by atoms with Crippen LogP contribution in [0.15, 0.2) is 28.8 Å². The Labute approximate surface area is 146 Å². The highest BCUT2D eigenvalue weighted by atomic mass is 16.5. The van der Waals surface area contributed by atoms with E-state index in [2.05, 4.69) is 15.5 Å². The Hall–Kier alpha value is -2.70. The van der Waals surface area contributed by atoms with E-state index in [1.165, 1.54) is 6.92 Å². The van der Waals surface area contributed by atoms with Gasteiger partial charge in [-0.25, -0.2) is 0 Å². The molecule has 1 aromatic carbocycles. The molecule has 1 fully saturated rings. The Balaban J connectivity index is 1.79. The molecule has 0 bridgehead atoms. The molecular formula is C18H22N4O3. The van der Waals surface area contributed by atoms with Crippen LogP contribution in [0.4, 0.5) is 0 Å². The van der Waals surface area contributed by atoms with Gasteiger partial charge in [-0.1, -0.05) is 17.3 Å². The lowest BCUT2D eigenvalue weighted by atomic mass is 10.1. The van der Waals surface area contributed by atoms with Crippen LogP contribution in [-0.4, -0.2) is 33.4 Å². The lowest BCUT2D eigenvalue weighted by molar-refractivity contribution is -0.128. The van der Waals surface area contributed by atoms with Gasteiger partial charge in [-0.3, -0.25) is 9.59 Å². The average molecular weight is 342 g/mol. The standard InChI is InChI=1S/C18H22N4O3/c1-12(23)20-18(2,3)17-19-16(25-21-17)14-7-4-6-13(10-14)11-22-9-5-8-15(22)24/h4,6-7,10H,5,8-9,11H2,1-3H3,(H,20,23). The molecule has 2 heterocycles. The Morgan fingerprint density at radius 1 is 1.40 bits per heavy atom. The van der Waals surface area contributed by atoms with Gasteiger partial charge in [0, 0.05) is 32.0 Å². The Kier molecular flexibility index (Phi) is 4.57. The van der Waals surface area contributed by atoms with E-state index in [0.29, 0.717) is 24.7 Å². The first-order chi connectivity index (χ1) is 11.8. The highest BCUT2D eigenvalue weighted by Crippen LogP contribution is 2.24. The highest BCUT2D eigenvalue weighted by molar-refractivity contribution is 5.78. The number of rotatable bonds is 5. The van der Waals surface area contributed by atoms with Crippen molar-refractivity contribution in [3.63, 3.8) is 0 Å². The Morgan fingerprint density at radius 3 is 2.88 bits per heavy atom. The number of hydrogen-bond acceptors (Lipinski definition) is 5. The number of carbonyl (C=O) groups is 2. The molecule has 3 rings (SSSR count). The third-order valence-corrected chi connectivity index (χ3v) is 4.19. The van der Waals surface area contributed by atoms with E-state index < -0.39 is 5.54 Å². The van der Waals surface area contributed by atoms with Gasteiger partial charge in [0.2, 0.25) is 11.8 Å². The van der Waals surface area contributed by atoms with E-state index in [9.17, 15) is 9.59 Å². The van der Waals surface area contributed by atoms with Crippen molar-refractivity contribution in [3.8, 4) is 11.5 Å². The van der Waals surface area contributed by atoms with Crippen LogP contribution >= 0.6 is 0 Å². The maximum Gasteiger partial charge on any atom is 0.258 e. The summed E-state index contributed by atoms with van der Waals surface area (Å²) < 4.78 is 5.37. The van der Waals surface area contributed by atoms with Gasteiger partial charge in [-0.15, -0.1) is 0 Å². The summed E-state index contributed by atoms with van der Waals surface area (Å²) in [5.74, 6) is 0.844. The fourth-order valence-corrected chi connectivity index (χ4v) is 2.98. The minimum atomic E-state index is -0.715. The van der Waals surface area contributed by atoms with Crippen LogP contribution in [0, 0.1) is 0 Å². The van der Waals surface area contributed by atoms with Gasteiger partial charge >= 0.3 is 0 Å². The van der Waals surface area contributed by atoms with Gasteiger partial charge in [-0.2, -0.15) is 4.98 Å². The molecule has 1 N–H and O–H groups in total. The summed E-state index contributed by atoms with van der Waals surface area (Å²) in [6, 6.07) is 7.73. The van der Waals surface area contributed by atoms with Crippen LogP contribution in [0.1, 0.15) is 45.0 Å². The summed E-state index contributed by atoms with van der Waals surface area (Å²) in [7, 11) is 0. The van der Waals surface area contributed by atoms with E-state index in [1.54, 1.807) is 0 Å². The number of carbonyl (C=O) groups excluding carboxylic acids is 2. The number of likely N-dealkylation sites (tertiary alicyclic amines) is 1. The number of hydrogen-bond donors (Lipinski definition) is 1. The summed E-state index contributed by atoms with van der Waals surface area (Å²) in [6.07, 6.45) is 1.55. The molecule has 1 aliphatic heterocycles. The number of amides is 2. The second kappa shape index (κ2) is 6.66. The van der Waals surface area contributed by atoms with Gasteiger partial charge in [0.05, 0.1) is 5.54 Å². The van der Waals surface area contributed by atoms with E-state index in [4.69, 9.17) is 4.52 Å². The van der Waals surface area contributed by atoms with Gasteiger partial charge in [0.15, 0.2) is 5.82 Å². The van der Waals surface area contributed by atoms with Crippen LogP contribution in [0.3, 0.4) is 0 Å². The van der Waals surface area contributed by atoms with Crippen LogP contribution in [0.2, 0.25) is 0 Å². The van der Waals surface area contributed by atoms with E-state index >= 15 is 0 Å². The van der Waals surface area contributed by atoms with Crippen molar-refractivity contribution >= 4 is 11.8 Å². The zero-order chi connectivity index (χ0) is 18.0. The summed E-state index contributed by atoms with van der Waals surface area (Å²) in [6.45, 7) is 6.48. The molecule has 7 nitrogen and oxygen atoms in total. The topological polar surface area (TPSA) is 88.3 Å². The van der Waals surface area contributed by atoms with Crippen molar-refractivity contribution < 1.29 is 14.1 Å². The van der Waals surface area contributed by atoms with Crippen molar-refractivity contribution in [1.29, 1.82) is 0 Å². The molecule has 0 saturated carbocycles. The molecule has 25 heavy (non-hydrogen) atoms. The van der Waals surface area contributed by atoms with E-state index in [0.717, 1.165) is 24.1 Å². The average Bonchev–Trinajstić information content (AvgIpc) is 3.17. The maximum atomic E-state index is 11.8. The first-order valence-corrected chi connectivity index (χ1v) is 8.35. The molecule has 132 valence electrons. The molecule has 0 spiro atoms. The number of nitrogens with zero attached hydrogens (tertiary/aromatic N) is 3. The molecule has 1 saturated heterocycles. The third-order valence-electron chi connectivity index (χ3n) is 4.19. The predicted molar refractivity (Wildman–Crippen MR) is 91.2 cm³/mol. The first kappa shape index (κ1) is 17.1. The van der Waals surface area contributed by atoms with Gasteiger partial charge in [0.1, 0.15) is 0 Å².